The number of sulfonamides is 1. The van der Waals surface area contributed by atoms with Gasteiger partial charge in [0.15, 0.2) is 5.13 Å². The Bertz CT molecular complexity index is 1650. The van der Waals surface area contributed by atoms with Gasteiger partial charge in [0.25, 0.3) is 5.91 Å². The number of anilines is 3. The molecule has 1 saturated carbocycles. The predicted molar refractivity (Wildman–Crippen MR) is 158 cm³/mol. The van der Waals surface area contributed by atoms with Gasteiger partial charge in [-0.1, -0.05) is 17.4 Å². The molecule has 11 nitrogen and oxygen atoms in total. The summed E-state index contributed by atoms with van der Waals surface area (Å²) in [4.78, 5) is 41.6. The molecule has 216 valence electrons. The molecule has 2 aliphatic heterocycles. The molecule has 3 aliphatic rings. The first-order valence-corrected chi connectivity index (χ1v) is 16.0. The molecule has 2 fully saturated rings. The number of benzene rings is 1. The lowest BCUT2D eigenvalue weighted by molar-refractivity contribution is -0.120. The number of hydrogen-bond acceptors (Lipinski definition) is 9. The van der Waals surface area contributed by atoms with E-state index in [1.807, 2.05) is 50.1 Å². The van der Waals surface area contributed by atoms with Gasteiger partial charge in [0, 0.05) is 25.7 Å². The van der Waals surface area contributed by atoms with Gasteiger partial charge < -0.3 is 10.2 Å². The minimum Gasteiger partial charge on any atom is -0.331 e. The molecule has 0 radical (unpaired) electrons. The standard InChI is InChI=1S/C28H33N7O4S2/c1-16-26(40-28(30-16)32-22-6-5-7-23(31-22)34-11-10-33(4)15-24(34)36)19-12-20-14-35(17(2)18-8-9-18)27(37)25(20)21(13-19)41(38,39)29-3/h5-7,12-13,17-18,29H,8-11,14-15H2,1-4H3,(H,30,31,32). The molecule has 4 heterocycles. The Hall–Kier alpha value is -3.39. The van der Waals surface area contributed by atoms with Crippen molar-refractivity contribution in [2.75, 3.05) is 43.9 Å². The number of piperazine rings is 1. The van der Waals surface area contributed by atoms with Crippen LogP contribution in [-0.2, 0) is 21.4 Å². The smallest absolute Gasteiger partial charge is 0.256 e. The van der Waals surface area contributed by atoms with E-state index in [0.29, 0.717) is 53.4 Å². The number of amides is 2. The number of aromatic nitrogens is 2. The number of hydrogen-bond donors (Lipinski definition) is 2. The average molecular weight is 596 g/mol. The second-order valence-electron chi connectivity index (χ2n) is 10.9. The number of nitrogens with one attached hydrogen (secondary N) is 2. The molecule has 1 atom stereocenters. The Balaban J connectivity index is 1.31. The molecule has 2 aromatic heterocycles. The topological polar surface area (TPSA) is 128 Å². The summed E-state index contributed by atoms with van der Waals surface area (Å²) in [7, 11) is -0.616. The van der Waals surface area contributed by atoms with Crippen molar-refractivity contribution in [2.24, 2.45) is 5.92 Å². The maximum Gasteiger partial charge on any atom is 0.256 e. The van der Waals surface area contributed by atoms with Gasteiger partial charge in [0.05, 0.1) is 27.6 Å². The van der Waals surface area contributed by atoms with Crippen LogP contribution < -0.4 is 14.9 Å². The molecule has 2 N–H and O–H groups in total. The first-order valence-electron chi connectivity index (χ1n) is 13.7. The third kappa shape index (κ3) is 5.23. The fourth-order valence-electron chi connectivity index (χ4n) is 5.56. The normalized spacial score (nSPS) is 18.6. The molecule has 6 rings (SSSR count). The summed E-state index contributed by atoms with van der Waals surface area (Å²) in [6.07, 6.45) is 2.18. The van der Waals surface area contributed by atoms with E-state index < -0.39 is 10.0 Å². The predicted octanol–water partition coefficient (Wildman–Crippen LogP) is 3.20. The van der Waals surface area contributed by atoms with Crippen LogP contribution in [0.5, 0.6) is 0 Å². The summed E-state index contributed by atoms with van der Waals surface area (Å²) in [5.41, 5.74) is 2.39. The molecule has 1 aliphatic carbocycles. The van der Waals surface area contributed by atoms with E-state index in [-0.39, 0.29) is 28.3 Å². The number of carbonyl (C=O) groups is 2. The fourth-order valence-corrected chi connectivity index (χ4v) is 7.51. The number of nitrogens with zero attached hydrogens (tertiary/aromatic N) is 5. The van der Waals surface area contributed by atoms with Crippen molar-refractivity contribution in [2.45, 2.75) is 44.2 Å². The number of fused-ring (bicyclic) bond motifs is 1. The zero-order chi connectivity index (χ0) is 29.1. The lowest BCUT2D eigenvalue weighted by Gasteiger charge is -2.31. The van der Waals surface area contributed by atoms with Crippen LogP contribution in [0.25, 0.3) is 10.4 Å². The van der Waals surface area contributed by atoms with E-state index in [0.717, 1.165) is 30.0 Å². The number of carbonyl (C=O) groups excluding carboxylic acids is 2. The molecule has 1 aromatic carbocycles. The van der Waals surface area contributed by atoms with Gasteiger partial charge in [-0.25, -0.2) is 23.1 Å². The van der Waals surface area contributed by atoms with Crippen LogP contribution in [0.3, 0.4) is 0 Å². The van der Waals surface area contributed by atoms with Gasteiger partial charge >= 0.3 is 0 Å². The summed E-state index contributed by atoms with van der Waals surface area (Å²) in [6.45, 7) is 6.00. The highest BCUT2D eigenvalue weighted by Crippen LogP contribution is 2.42. The van der Waals surface area contributed by atoms with E-state index in [1.54, 1.807) is 15.9 Å². The van der Waals surface area contributed by atoms with Crippen LogP contribution in [-0.4, -0.2) is 79.8 Å². The van der Waals surface area contributed by atoms with Gasteiger partial charge in [0.1, 0.15) is 11.6 Å². The molecule has 0 bridgehead atoms. The van der Waals surface area contributed by atoms with E-state index in [4.69, 9.17) is 0 Å². The minimum atomic E-state index is -3.89. The maximum absolute atomic E-state index is 13.4. The summed E-state index contributed by atoms with van der Waals surface area (Å²) in [6, 6.07) is 9.04. The number of thiazole rings is 1. The molecule has 3 aromatic rings. The lowest BCUT2D eigenvalue weighted by Crippen LogP contribution is -2.49. The molecule has 2 amide bonds. The zero-order valence-electron chi connectivity index (χ0n) is 23.5. The zero-order valence-corrected chi connectivity index (χ0v) is 25.1. The number of aryl methyl sites for hydroxylation is 1. The van der Waals surface area contributed by atoms with Crippen LogP contribution in [0, 0.1) is 12.8 Å². The summed E-state index contributed by atoms with van der Waals surface area (Å²) < 4.78 is 28.6. The van der Waals surface area contributed by atoms with Gasteiger partial charge in [-0.15, -0.1) is 0 Å². The second-order valence-corrected chi connectivity index (χ2v) is 13.8. The van der Waals surface area contributed by atoms with Crippen molar-refractivity contribution in [1.29, 1.82) is 0 Å². The summed E-state index contributed by atoms with van der Waals surface area (Å²) in [5, 5.41) is 3.84. The van der Waals surface area contributed by atoms with Crippen LogP contribution in [0.1, 0.15) is 41.4 Å². The third-order valence-corrected chi connectivity index (χ3v) is 10.6. The third-order valence-electron chi connectivity index (χ3n) is 8.07. The first-order chi connectivity index (χ1) is 19.6. The SMILES string of the molecule is CNS(=O)(=O)c1cc(-c2sc(Nc3cccc(N4CCN(C)CC4=O)n3)nc2C)cc2c1C(=O)N(C(C)C1CC1)C2. The van der Waals surface area contributed by atoms with E-state index in [2.05, 4.69) is 20.0 Å². The highest BCUT2D eigenvalue weighted by atomic mass is 32.2. The highest BCUT2D eigenvalue weighted by Gasteiger charge is 2.41. The van der Waals surface area contributed by atoms with Gasteiger partial charge in [-0.2, -0.15) is 0 Å². The Morgan fingerprint density at radius 1 is 1.10 bits per heavy atom. The molecular weight excluding hydrogens is 562 g/mol. The molecule has 41 heavy (non-hydrogen) atoms. The van der Waals surface area contributed by atoms with Crippen molar-refractivity contribution >= 4 is 49.9 Å². The Morgan fingerprint density at radius 3 is 2.59 bits per heavy atom. The molecule has 1 unspecified atom stereocenters. The molecule has 13 heteroatoms. The Kier molecular flexibility index (Phi) is 7.09. The van der Waals surface area contributed by atoms with Crippen molar-refractivity contribution < 1.29 is 18.0 Å². The maximum atomic E-state index is 13.4. The summed E-state index contributed by atoms with van der Waals surface area (Å²) in [5.74, 6) is 1.38. The average Bonchev–Trinajstić information content (AvgIpc) is 3.65. The van der Waals surface area contributed by atoms with Crippen LogP contribution in [0.15, 0.2) is 35.2 Å². The van der Waals surface area contributed by atoms with Gasteiger partial charge in [-0.3, -0.25) is 19.4 Å². The fraction of sp³-hybridized carbons (Fsp3) is 0.429. The molecule has 1 saturated heterocycles. The highest BCUT2D eigenvalue weighted by molar-refractivity contribution is 7.89. The second kappa shape index (κ2) is 10.5. The van der Waals surface area contributed by atoms with Crippen LogP contribution >= 0.6 is 11.3 Å². The monoisotopic (exact) mass is 595 g/mol. The summed E-state index contributed by atoms with van der Waals surface area (Å²) >= 11 is 1.38. The van der Waals surface area contributed by atoms with E-state index in [1.165, 1.54) is 18.4 Å². The van der Waals surface area contributed by atoms with Crippen molar-refractivity contribution in [1.82, 2.24) is 24.5 Å². The Morgan fingerprint density at radius 2 is 1.88 bits per heavy atom. The van der Waals surface area contributed by atoms with E-state index in [9.17, 15) is 18.0 Å². The quantitative estimate of drug-likeness (QED) is 0.407. The molecule has 0 spiro atoms. The number of likely N-dealkylation sites (N-methyl/N-ethyl adjacent to an activating group) is 1. The Labute approximate surface area is 243 Å². The van der Waals surface area contributed by atoms with Crippen molar-refractivity contribution in [3.63, 3.8) is 0 Å². The molecular formula is C28H33N7O4S2. The number of pyridine rings is 1. The van der Waals surface area contributed by atoms with Crippen molar-refractivity contribution in [3.05, 3.63) is 47.2 Å². The first kappa shape index (κ1) is 27.8. The lowest BCUT2D eigenvalue weighted by atomic mass is 10.0. The van der Waals surface area contributed by atoms with Crippen molar-refractivity contribution in [3.8, 4) is 10.4 Å². The van der Waals surface area contributed by atoms with Crippen LogP contribution in [0.4, 0.5) is 16.8 Å². The minimum absolute atomic E-state index is 0.00304. The number of rotatable bonds is 8. The van der Waals surface area contributed by atoms with Gasteiger partial charge in [0.2, 0.25) is 15.9 Å². The van der Waals surface area contributed by atoms with Gasteiger partial charge in [-0.05, 0) is 82.1 Å². The van der Waals surface area contributed by atoms with E-state index >= 15 is 0 Å². The largest absolute Gasteiger partial charge is 0.331 e. The van der Waals surface area contributed by atoms with Crippen LogP contribution in [0.2, 0.25) is 0 Å².